The van der Waals surface area contributed by atoms with Crippen molar-refractivity contribution in [1.82, 2.24) is 30.2 Å². The molecule has 1 aromatic carbocycles. The number of hydrogen-bond acceptors (Lipinski definition) is 5. The summed E-state index contributed by atoms with van der Waals surface area (Å²) in [5, 5.41) is 10.3. The molecule has 2 saturated carbocycles. The van der Waals surface area contributed by atoms with Crippen LogP contribution in [0.5, 0.6) is 5.75 Å². The number of amides is 3. The summed E-state index contributed by atoms with van der Waals surface area (Å²) in [4.78, 5) is 29.7. The van der Waals surface area contributed by atoms with Crippen molar-refractivity contribution in [3.8, 4) is 5.75 Å². The molecule has 0 unspecified atom stereocenters. The normalized spacial score (nSPS) is 26.1. The van der Waals surface area contributed by atoms with E-state index < -0.39 is 0 Å². The summed E-state index contributed by atoms with van der Waals surface area (Å²) in [5.74, 6) is 1.29. The van der Waals surface area contributed by atoms with E-state index in [4.69, 9.17) is 4.74 Å². The van der Waals surface area contributed by atoms with Crippen LogP contribution >= 0.6 is 0 Å². The fourth-order valence-electron chi connectivity index (χ4n) is 5.94. The smallest absolute Gasteiger partial charge is 0.315 e. The predicted molar refractivity (Wildman–Crippen MR) is 132 cm³/mol. The van der Waals surface area contributed by atoms with Crippen LogP contribution in [0.1, 0.15) is 36.8 Å². The van der Waals surface area contributed by atoms with Gasteiger partial charge in [0.25, 0.3) is 0 Å². The molecule has 1 aliphatic heterocycles. The highest BCUT2D eigenvalue weighted by Crippen LogP contribution is 2.59. The van der Waals surface area contributed by atoms with Gasteiger partial charge in [-0.2, -0.15) is 5.10 Å². The second-order valence-electron chi connectivity index (χ2n) is 10.5. The Kier molecular flexibility index (Phi) is 6.69. The van der Waals surface area contributed by atoms with Gasteiger partial charge in [0, 0.05) is 70.0 Å². The van der Waals surface area contributed by atoms with E-state index in [1.165, 1.54) is 5.56 Å². The van der Waals surface area contributed by atoms with Gasteiger partial charge >= 0.3 is 6.03 Å². The first kappa shape index (κ1) is 23.7. The lowest BCUT2D eigenvalue weighted by atomic mass is 9.50. The molecule has 2 aliphatic carbocycles. The molecule has 3 amide bonds. The molecule has 0 radical (unpaired) electrons. The summed E-state index contributed by atoms with van der Waals surface area (Å²) in [6.07, 6.45) is 7.85. The molecular weight excluding hydrogens is 444 g/mol. The maximum absolute atomic E-state index is 13.0. The molecule has 2 aromatic rings. The monoisotopic (exact) mass is 480 g/mol. The molecule has 9 nitrogen and oxygen atoms in total. The Bertz CT molecular complexity index is 1030. The van der Waals surface area contributed by atoms with Crippen LogP contribution in [0.3, 0.4) is 0 Å². The van der Waals surface area contributed by atoms with Gasteiger partial charge in [0.15, 0.2) is 0 Å². The molecule has 3 fully saturated rings. The maximum atomic E-state index is 13.0. The number of benzene rings is 1. The molecule has 1 saturated heterocycles. The Hall–Kier alpha value is -3.07. The van der Waals surface area contributed by atoms with Gasteiger partial charge in [0.05, 0.1) is 13.3 Å². The third-order valence-electron chi connectivity index (χ3n) is 7.86. The number of aromatic nitrogens is 2. The molecule has 2 N–H and O–H groups in total. The Morgan fingerprint density at radius 3 is 2.40 bits per heavy atom. The summed E-state index contributed by atoms with van der Waals surface area (Å²) in [5.41, 5.74) is 2.51. The Labute approximate surface area is 206 Å². The van der Waals surface area contributed by atoms with Crippen molar-refractivity contribution in [2.45, 2.75) is 44.8 Å². The summed E-state index contributed by atoms with van der Waals surface area (Å²) < 4.78 is 6.99. The number of nitrogens with zero attached hydrogens (tertiary/aromatic N) is 4. The highest BCUT2D eigenvalue weighted by Gasteiger charge is 2.55. The second kappa shape index (κ2) is 9.89. The molecule has 0 atom stereocenters. The number of hydrogen-bond donors (Lipinski definition) is 2. The van der Waals surface area contributed by atoms with Gasteiger partial charge in [-0.3, -0.25) is 14.4 Å². The number of carbonyl (C=O) groups is 2. The van der Waals surface area contributed by atoms with E-state index in [1.54, 1.807) is 7.11 Å². The van der Waals surface area contributed by atoms with Crippen molar-refractivity contribution in [3.05, 3.63) is 47.8 Å². The van der Waals surface area contributed by atoms with E-state index in [2.05, 4.69) is 31.7 Å². The predicted octanol–water partition coefficient (Wildman–Crippen LogP) is 2.13. The summed E-state index contributed by atoms with van der Waals surface area (Å²) in [6, 6.07) is 7.75. The minimum atomic E-state index is -0.128. The zero-order valence-corrected chi connectivity index (χ0v) is 20.7. The number of rotatable bonds is 7. The fourth-order valence-corrected chi connectivity index (χ4v) is 5.94. The molecule has 2 heterocycles. The fraction of sp³-hybridized carbons (Fsp3) is 0.577. The van der Waals surface area contributed by atoms with Crippen molar-refractivity contribution in [1.29, 1.82) is 0 Å². The number of carbonyl (C=O) groups excluding carboxylic acids is 2. The number of urea groups is 1. The molecule has 1 spiro atoms. The van der Waals surface area contributed by atoms with Crippen molar-refractivity contribution >= 4 is 11.9 Å². The van der Waals surface area contributed by atoms with E-state index in [1.807, 2.05) is 42.2 Å². The van der Waals surface area contributed by atoms with Gasteiger partial charge in [0.2, 0.25) is 5.91 Å². The number of piperazine rings is 1. The SMILES string of the molecule is COc1ccc(CNC(=O)NC2CC3(C2)CC(C(=O)N2CCN(Cc4cnn(C)c4)CC2)C3)cc1. The van der Waals surface area contributed by atoms with Gasteiger partial charge in [-0.1, -0.05) is 12.1 Å². The first-order valence-corrected chi connectivity index (χ1v) is 12.6. The third-order valence-corrected chi connectivity index (χ3v) is 7.86. The minimum absolute atomic E-state index is 0.128. The van der Waals surface area contributed by atoms with Gasteiger partial charge in [-0.15, -0.1) is 0 Å². The zero-order valence-electron chi connectivity index (χ0n) is 20.7. The van der Waals surface area contributed by atoms with Gasteiger partial charge < -0.3 is 20.3 Å². The van der Waals surface area contributed by atoms with Crippen molar-refractivity contribution in [3.63, 3.8) is 0 Å². The van der Waals surface area contributed by atoms with Gasteiger partial charge in [-0.25, -0.2) is 4.79 Å². The highest BCUT2D eigenvalue weighted by atomic mass is 16.5. The van der Waals surface area contributed by atoms with Crippen LogP contribution in [-0.2, 0) is 24.9 Å². The Balaban J connectivity index is 0.975. The minimum Gasteiger partial charge on any atom is -0.497 e. The van der Waals surface area contributed by atoms with Crippen LogP contribution in [0.2, 0.25) is 0 Å². The maximum Gasteiger partial charge on any atom is 0.315 e. The lowest BCUT2D eigenvalue weighted by Gasteiger charge is -2.58. The quantitative estimate of drug-likeness (QED) is 0.634. The van der Waals surface area contributed by atoms with Gasteiger partial charge in [0.1, 0.15) is 5.75 Å². The molecule has 5 rings (SSSR count). The van der Waals surface area contributed by atoms with Crippen LogP contribution in [-0.4, -0.2) is 70.8 Å². The largest absolute Gasteiger partial charge is 0.497 e. The molecule has 0 bridgehead atoms. The van der Waals surface area contributed by atoms with Crippen LogP contribution < -0.4 is 15.4 Å². The van der Waals surface area contributed by atoms with Gasteiger partial charge in [-0.05, 0) is 48.8 Å². The van der Waals surface area contributed by atoms with Crippen molar-refractivity contribution in [2.75, 3.05) is 33.3 Å². The molecule has 35 heavy (non-hydrogen) atoms. The molecule has 3 aliphatic rings. The lowest BCUT2D eigenvalue weighted by molar-refractivity contribution is -0.151. The highest BCUT2D eigenvalue weighted by molar-refractivity contribution is 5.80. The Morgan fingerprint density at radius 1 is 1.06 bits per heavy atom. The average Bonchev–Trinajstić information content (AvgIpc) is 3.23. The van der Waals surface area contributed by atoms with Crippen LogP contribution in [0.25, 0.3) is 0 Å². The Morgan fingerprint density at radius 2 is 1.77 bits per heavy atom. The van der Waals surface area contributed by atoms with E-state index in [9.17, 15) is 9.59 Å². The third kappa shape index (κ3) is 5.45. The van der Waals surface area contributed by atoms with Crippen LogP contribution in [0.4, 0.5) is 4.79 Å². The second-order valence-corrected chi connectivity index (χ2v) is 10.5. The standard InChI is InChI=1S/C26H36N6O3/c1-30-17-20(16-28-30)18-31-7-9-32(10-8-31)24(33)21-11-26(12-21)13-22(14-26)29-25(34)27-15-19-3-5-23(35-2)6-4-19/h3-6,16-17,21-22H,7-15,18H2,1-2H3,(H2,27,29,34). The van der Waals surface area contributed by atoms with Crippen molar-refractivity contribution in [2.24, 2.45) is 18.4 Å². The summed E-state index contributed by atoms with van der Waals surface area (Å²) in [6.45, 7) is 4.82. The summed E-state index contributed by atoms with van der Waals surface area (Å²) in [7, 11) is 3.57. The topological polar surface area (TPSA) is 91.7 Å². The number of nitrogens with one attached hydrogen (secondary N) is 2. The van der Waals surface area contributed by atoms with Crippen LogP contribution in [0.15, 0.2) is 36.7 Å². The number of ether oxygens (including phenoxy) is 1. The molecule has 188 valence electrons. The zero-order chi connectivity index (χ0) is 24.4. The van der Waals surface area contributed by atoms with E-state index >= 15 is 0 Å². The number of methoxy groups -OCH3 is 1. The van der Waals surface area contributed by atoms with E-state index in [0.29, 0.717) is 12.5 Å². The number of aryl methyl sites for hydroxylation is 1. The average molecular weight is 481 g/mol. The van der Waals surface area contributed by atoms with E-state index in [-0.39, 0.29) is 23.4 Å². The van der Waals surface area contributed by atoms with E-state index in [0.717, 1.165) is 69.7 Å². The molecule has 9 heteroatoms. The van der Waals surface area contributed by atoms with Crippen LogP contribution in [0, 0.1) is 11.3 Å². The lowest BCUT2D eigenvalue weighted by Crippen LogP contribution is -2.60. The molecular formula is C26H36N6O3. The van der Waals surface area contributed by atoms with Crippen molar-refractivity contribution < 1.29 is 14.3 Å². The summed E-state index contributed by atoms with van der Waals surface area (Å²) >= 11 is 0. The first-order chi connectivity index (χ1) is 16.9. The molecule has 1 aromatic heterocycles. The first-order valence-electron chi connectivity index (χ1n) is 12.6.